The fraction of sp³-hybridized carbons (Fsp3) is 0.562. The Kier molecular flexibility index (Phi) is 3.72. The highest BCUT2D eigenvalue weighted by Crippen LogP contribution is 2.38. The molecule has 20 heavy (non-hydrogen) atoms. The Bertz CT molecular complexity index is 494. The summed E-state index contributed by atoms with van der Waals surface area (Å²) < 4.78 is 28.1. The van der Waals surface area contributed by atoms with Gasteiger partial charge in [0.1, 0.15) is 23.6 Å². The Labute approximate surface area is 117 Å². The minimum Gasteiger partial charge on any atom is -0.366 e. The van der Waals surface area contributed by atoms with Gasteiger partial charge in [0.25, 0.3) is 0 Å². The summed E-state index contributed by atoms with van der Waals surface area (Å²) in [5.41, 5.74) is 0.0934. The standard InChI is InChI=1S/C16H19F2NO/c17-14-7-11(10-20)8-15(18)16(14)19-6-5-12-3-1-2-4-13(12)9-19/h7-8,10,12-13H,1-6,9H2. The molecular formula is C16H19F2NO. The fourth-order valence-electron chi connectivity index (χ4n) is 3.76. The van der Waals surface area contributed by atoms with Gasteiger partial charge in [0.15, 0.2) is 0 Å². The summed E-state index contributed by atoms with van der Waals surface area (Å²) in [5, 5.41) is 0. The molecule has 0 N–H and O–H groups in total. The molecule has 1 aliphatic heterocycles. The van der Waals surface area contributed by atoms with Crippen molar-refractivity contribution in [3.63, 3.8) is 0 Å². The van der Waals surface area contributed by atoms with Gasteiger partial charge in [0.2, 0.25) is 0 Å². The third kappa shape index (κ3) is 2.43. The number of nitrogens with zero attached hydrogens (tertiary/aromatic N) is 1. The zero-order valence-corrected chi connectivity index (χ0v) is 11.4. The largest absolute Gasteiger partial charge is 0.366 e. The summed E-state index contributed by atoms with van der Waals surface area (Å²) in [6, 6.07) is 2.25. The van der Waals surface area contributed by atoms with E-state index in [4.69, 9.17) is 0 Å². The van der Waals surface area contributed by atoms with E-state index in [0.29, 0.717) is 18.7 Å². The van der Waals surface area contributed by atoms with Gasteiger partial charge in [0.05, 0.1) is 0 Å². The van der Waals surface area contributed by atoms with E-state index in [9.17, 15) is 13.6 Å². The Hall–Kier alpha value is -1.45. The van der Waals surface area contributed by atoms with Crippen LogP contribution < -0.4 is 4.90 Å². The first-order valence-electron chi connectivity index (χ1n) is 7.38. The predicted molar refractivity (Wildman–Crippen MR) is 74.0 cm³/mol. The molecule has 2 unspecified atom stereocenters. The molecule has 1 heterocycles. The van der Waals surface area contributed by atoms with Gasteiger partial charge >= 0.3 is 0 Å². The highest BCUT2D eigenvalue weighted by molar-refractivity contribution is 5.76. The molecule has 4 heteroatoms. The van der Waals surface area contributed by atoms with E-state index >= 15 is 0 Å². The first kappa shape index (κ1) is 13.5. The van der Waals surface area contributed by atoms with Crippen molar-refractivity contribution in [2.75, 3.05) is 18.0 Å². The van der Waals surface area contributed by atoms with Crippen LogP contribution in [0.5, 0.6) is 0 Å². The van der Waals surface area contributed by atoms with Crippen LogP contribution in [0.25, 0.3) is 0 Å². The van der Waals surface area contributed by atoms with E-state index in [-0.39, 0.29) is 11.3 Å². The number of carbonyl (C=O) groups is 1. The Morgan fingerprint density at radius 1 is 1.05 bits per heavy atom. The van der Waals surface area contributed by atoms with E-state index in [1.165, 1.54) is 19.3 Å². The molecule has 0 aromatic heterocycles. The van der Waals surface area contributed by atoms with Crippen LogP contribution in [0, 0.1) is 23.5 Å². The monoisotopic (exact) mass is 279 g/mol. The van der Waals surface area contributed by atoms with Crippen molar-refractivity contribution >= 4 is 12.0 Å². The predicted octanol–water partition coefficient (Wildman–Crippen LogP) is 3.79. The molecule has 1 saturated carbocycles. The lowest BCUT2D eigenvalue weighted by molar-refractivity contribution is 0.112. The highest BCUT2D eigenvalue weighted by atomic mass is 19.1. The molecule has 2 aliphatic rings. The summed E-state index contributed by atoms with van der Waals surface area (Å²) in [6.45, 7) is 1.44. The van der Waals surface area contributed by atoms with E-state index < -0.39 is 11.6 Å². The zero-order chi connectivity index (χ0) is 14.1. The van der Waals surface area contributed by atoms with Crippen LogP contribution in [0.15, 0.2) is 12.1 Å². The van der Waals surface area contributed by atoms with Crippen molar-refractivity contribution in [1.82, 2.24) is 0 Å². The number of halogens is 2. The van der Waals surface area contributed by atoms with Gasteiger partial charge in [-0.05, 0) is 36.8 Å². The molecule has 1 aromatic carbocycles. The Morgan fingerprint density at radius 2 is 1.70 bits per heavy atom. The van der Waals surface area contributed by atoms with Gasteiger partial charge < -0.3 is 4.90 Å². The first-order valence-corrected chi connectivity index (χ1v) is 7.38. The average Bonchev–Trinajstić information content (AvgIpc) is 2.46. The molecular weight excluding hydrogens is 260 g/mol. The number of aldehydes is 1. The number of benzene rings is 1. The minimum atomic E-state index is -0.624. The number of piperidine rings is 1. The number of rotatable bonds is 2. The van der Waals surface area contributed by atoms with Gasteiger partial charge in [-0.1, -0.05) is 19.3 Å². The van der Waals surface area contributed by atoms with Crippen LogP contribution in [0.1, 0.15) is 42.5 Å². The third-order valence-corrected chi connectivity index (χ3v) is 4.78. The molecule has 0 radical (unpaired) electrons. The highest BCUT2D eigenvalue weighted by Gasteiger charge is 2.33. The fourth-order valence-corrected chi connectivity index (χ4v) is 3.76. The summed E-state index contributed by atoms with van der Waals surface area (Å²) in [4.78, 5) is 12.5. The molecule has 0 amide bonds. The van der Waals surface area contributed by atoms with Gasteiger partial charge in [-0.15, -0.1) is 0 Å². The summed E-state index contributed by atoms with van der Waals surface area (Å²) >= 11 is 0. The smallest absolute Gasteiger partial charge is 0.150 e. The zero-order valence-electron chi connectivity index (χ0n) is 11.4. The van der Waals surface area contributed by atoms with Crippen LogP contribution in [0.4, 0.5) is 14.5 Å². The summed E-state index contributed by atoms with van der Waals surface area (Å²) in [7, 11) is 0. The Morgan fingerprint density at radius 3 is 2.35 bits per heavy atom. The van der Waals surface area contributed by atoms with Gasteiger partial charge in [-0.3, -0.25) is 4.79 Å². The lowest BCUT2D eigenvalue weighted by Crippen LogP contribution is -2.42. The van der Waals surface area contributed by atoms with E-state index in [1.807, 2.05) is 4.90 Å². The normalized spacial score (nSPS) is 26.2. The van der Waals surface area contributed by atoms with Crippen LogP contribution in [-0.4, -0.2) is 19.4 Å². The second-order valence-electron chi connectivity index (χ2n) is 5.99. The van der Waals surface area contributed by atoms with Crippen LogP contribution in [0.3, 0.4) is 0 Å². The molecule has 2 fully saturated rings. The van der Waals surface area contributed by atoms with Crippen LogP contribution >= 0.6 is 0 Å². The number of anilines is 1. The molecule has 108 valence electrons. The maximum atomic E-state index is 14.1. The third-order valence-electron chi connectivity index (χ3n) is 4.78. The lowest BCUT2D eigenvalue weighted by Gasteiger charge is -2.42. The maximum absolute atomic E-state index is 14.1. The van der Waals surface area contributed by atoms with Crippen LogP contribution in [0.2, 0.25) is 0 Å². The molecule has 2 atom stereocenters. The second kappa shape index (κ2) is 5.51. The summed E-state index contributed by atoms with van der Waals surface area (Å²) in [5.74, 6) is 0.0325. The van der Waals surface area contributed by atoms with E-state index in [0.717, 1.165) is 37.4 Å². The van der Waals surface area contributed by atoms with E-state index in [2.05, 4.69) is 0 Å². The summed E-state index contributed by atoms with van der Waals surface area (Å²) in [6.07, 6.45) is 6.43. The van der Waals surface area contributed by atoms with Crippen LogP contribution in [-0.2, 0) is 0 Å². The number of hydrogen-bond donors (Lipinski definition) is 0. The van der Waals surface area contributed by atoms with Crippen molar-refractivity contribution in [2.45, 2.75) is 32.1 Å². The maximum Gasteiger partial charge on any atom is 0.150 e. The molecule has 1 aromatic rings. The quantitative estimate of drug-likeness (QED) is 0.768. The van der Waals surface area contributed by atoms with Crippen molar-refractivity contribution in [1.29, 1.82) is 0 Å². The van der Waals surface area contributed by atoms with Crippen molar-refractivity contribution in [2.24, 2.45) is 11.8 Å². The average molecular weight is 279 g/mol. The number of carbonyl (C=O) groups excluding carboxylic acids is 1. The molecule has 2 nitrogen and oxygen atoms in total. The molecule has 0 bridgehead atoms. The van der Waals surface area contributed by atoms with Gasteiger partial charge in [0, 0.05) is 18.7 Å². The van der Waals surface area contributed by atoms with E-state index in [1.54, 1.807) is 0 Å². The topological polar surface area (TPSA) is 20.3 Å². The number of hydrogen-bond acceptors (Lipinski definition) is 2. The van der Waals surface area contributed by atoms with Crippen molar-refractivity contribution in [3.05, 3.63) is 29.3 Å². The minimum absolute atomic E-state index is 0.0413. The second-order valence-corrected chi connectivity index (χ2v) is 5.99. The molecule has 3 rings (SSSR count). The Balaban J connectivity index is 1.84. The SMILES string of the molecule is O=Cc1cc(F)c(N2CCC3CCCCC3C2)c(F)c1. The number of fused-ring (bicyclic) bond motifs is 1. The molecule has 1 saturated heterocycles. The van der Waals surface area contributed by atoms with Gasteiger partial charge in [-0.25, -0.2) is 8.78 Å². The van der Waals surface area contributed by atoms with Crippen molar-refractivity contribution in [3.8, 4) is 0 Å². The lowest BCUT2D eigenvalue weighted by atomic mass is 9.75. The molecule has 0 spiro atoms. The first-order chi connectivity index (χ1) is 9.69. The van der Waals surface area contributed by atoms with Gasteiger partial charge in [-0.2, -0.15) is 0 Å². The molecule has 1 aliphatic carbocycles. The van der Waals surface area contributed by atoms with Crippen molar-refractivity contribution < 1.29 is 13.6 Å².